The first-order valence-corrected chi connectivity index (χ1v) is 6.08. The van der Waals surface area contributed by atoms with Gasteiger partial charge >= 0.3 is 5.97 Å². The molecule has 1 saturated heterocycles. The monoisotopic (exact) mass is 256 g/mol. The van der Waals surface area contributed by atoms with Gasteiger partial charge in [-0.15, -0.1) is 0 Å². The normalized spacial score (nSPS) is 21.2. The zero-order valence-corrected chi connectivity index (χ0v) is 11.0. The number of hydrogen-bond donors (Lipinski definition) is 2. The van der Waals surface area contributed by atoms with Crippen LogP contribution in [0, 0.1) is 11.8 Å². The average molecular weight is 256 g/mol. The van der Waals surface area contributed by atoms with Gasteiger partial charge in [-0.05, 0) is 12.3 Å². The Hall–Kier alpha value is -1.59. The Bertz CT molecular complexity index is 354. The smallest absolute Gasteiger partial charge is 0.326 e. The van der Waals surface area contributed by atoms with Crippen molar-refractivity contribution in [3.05, 3.63) is 0 Å². The summed E-state index contributed by atoms with van der Waals surface area (Å²) in [4.78, 5) is 35.7. The summed E-state index contributed by atoms with van der Waals surface area (Å²) < 4.78 is 0. The maximum absolute atomic E-state index is 11.9. The molecule has 1 heterocycles. The van der Waals surface area contributed by atoms with Crippen molar-refractivity contribution in [1.82, 2.24) is 10.2 Å². The molecule has 0 aromatic carbocycles. The lowest BCUT2D eigenvalue weighted by atomic mass is 10.0. The molecule has 0 spiro atoms. The van der Waals surface area contributed by atoms with Crippen LogP contribution in [0.2, 0.25) is 0 Å². The summed E-state index contributed by atoms with van der Waals surface area (Å²) in [6.07, 6.45) is 0.550. The maximum atomic E-state index is 11.9. The van der Waals surface area contributed by atoms with Crippen LogP contribution in [-0.2, 0) is 14.4 Å². The van der Waals surface area contributed by atoms with E-state index in [-0.39, 0.29) is 24.2 Å². The number of amides is 2. The Kier molecular flexibility index (Phi) is 4.69. The van der Waals surface area contributed by atoms with Crippen molar-refractivity contribution in [1.29, 1.82) is 0 Å². The van der Waals surface area contributed by atoms with Crippen LogP contribution in [0.3, 0.4) is 0 Å². The Morgan fingerprint density at radius 1 is 1.50 bits per heavy atom. The van der Waals surface area contributed by atoms with Crippen LogP contribution in [0.1, 0.15) is 26.7 Å². The topological polar surface area (TPSA) is 86.7 Å². The third-order valence-electron chi connectivity index (χ3n) is 3.03. The van der Waals surface area contributed by atoms with Gasteiger partial charge in [-0.25, -0.2) is 4.79 Å². The van der Waals surface area contributed by atoms with E-state index < -0.39 is 17.9 Å². The van der Waals surface area contributed by atoms with E-state index in [2.05, 4.69) is 5.32 Å². The lowest BCUT2D eigenvalue weighted by molar-refractivity contribution is -0.142. The molecule has 0 aliphatic carbocycles. The van der Waals surface area contributed by atoms with Gasteiger partial charge in [0.15, 0.2) is 0 Å². The summed E-state index contributed by atoms with van der Waals surface area (Å²) in [6, 6.07) is -0.876. The van der Waals surface area contributed by atoms with Gasteiger partial charge in [0.05, 0.1) is 5.92 Å². The minimum absolute atomic E-state index is 0.0779. The molecular weight excluding hydrogens is 236 g/mol. The summed E-state index contributed by atoms with van der Waals surface area (Å²) in [5, 5.41) is 11.5. The van der Waals surface area contributed by atoms with Crippen molar-refractivity contribution in [3.8, 4) is 0 Å². The molecule has 0 radical (unpaired) electrons. The molecule has 6 heteroatoms. The molecule has 102 valence electrons. The van der Waals surface area contributed by atoms with Gasteiger partial charge in [0, 0.05) is 20.0 Å². The van der Waals surface area contributed by atoms with E-state index in [4.69, 9.17) is 5.11 Å². The predicted molar refractivity (Wildman–Crippen MR) is 64.8 cm³/mol. The predicted octanol–water partition coefficient (Wildman–Crippen LogP) is 0.0802. The first-order chi connectivity index (χ1) is 8.31. The fraction of sp³-hybridized carbons (Fsp3) is 0.750. The molecule has 2 N–H and O–H groups in total. The molecule has 0 bridgehead atoms. The fourth-order valence-corrected chi connectivity index (χ4v) is 2.02. The molecule has 0 aromatic rings. The van der Waals surface area contributed by atoms with Crippen molar-refractivity contribution in [2.24, 2.45) is 11.8 Å². The molecule has 1 aliphatic rings. The van der Waals surface area contributed by atoms with Crippen LogP contribution in [0.5, 0.6) is 0 Å². The highest BCUT2D eigenvalue weighted by Gasteiger charge is 2.34. The number of likely N-dealkylation sites (tertiary alicyclic amines) is 1. The Labute approximate surface area is 106 Å². The van der Waals surface area contributed by atoms with E-state index in [1.54, 1.807) is 7.05 Å². The second-order valence-electron chi connectivity index (χ2n) is 5.20. The molecule has 18 heavy (non-hydrogen) atoms. The first kappa shape index (κ1) is 14.5. The van der Waals surface area contributed by atoms with E-state index in [1.165, 1.54) is 4.90 Å². The largest absolute Gasteiger partial charge is 0.480 e. The Morgan fingerprint density at radius 2 is 2.11 bits per heavy atom. The van der Waals surface area contributed by atoms with Gasteiger partial charge in [-0.2, -0.15) is 0 Å². The van der Waals surface area contributed by atoms with Gasteiger partial charge in [-0.1, -0.05) is 13.8 Å². The molecule has 0 saturated carbocycles. The molecule has 2 atom stereocenters. The zero-order valence-electron chi connectivity index (χ0n) is 11.0. The van der Waals surface area contributed by atoms with Crippen molar-refractivity contribution in [3.63, 3.8) is 0 Å². The van der Waals surface area contributed by atoms with Crippen LogP contribution >= 0.6 is 0 Å². The zero-order chi connectivity index (χ0) is 13.9. The molecule has 1 rings (SSSR count). The summed E-state index contributed by atoms with van der Waals surface area (Å²) in [6.45, 7) is 4.16. The second-order valence-corrected chi connectivity index (χ2v) is 5.20. The van der Waals surface area contributed by atoms with Crippen molar-refractivity contribution in [2.45, 2.75) is 32.7 Å². The third-order valence-corrected chi connectivity index (χ3v) is 3.03. The number of carbonyl (C=O) groups excluding carboxylic acids is 2. The summed E-state index contributed by atoms with van der Waals surface area (Å²) >= 11 is 0. The number of aliphatic carboxylic acids is 1. The van der Waals surface area contributed by atoms with Gasteiger partial charge in [0.1, 0.15) is 6.04 Å². The number of nitrogens with zero attached hydrogens (tertiary/aromatic N) is 1. The average Bonchev–Trinajstić information content (AvgIpc) is 2.57. The van der Waals surface area contributed by atoms with Crippen molar-refractivity contribution < 1.29 is 19.5 Å². The number of carboxylic acid groups (broad SMARTS) is 1. The number of nitrogens with one attached hydrogen (secondary N) is 1. The third kappa shape index (κ3) is 3.72. The van der Waals surface area contributed by atoms with Crippen molar-refractivity contribution in [2.75, 3.05) is 13.6 Å². The van der Waals surface area contributed by atoms with Gasteiger partial charge < -0.3 is 15.3 Å². The van der Waals surface area contributed by atoms with Gasteiger partial charge in [0.2, 0.25) is 11.8 Å². The Morgan fingerprint density at radius 3 is 2.50 bits per heavy atom. The standard InChI is InChI=1S/C12H20N2O4/c1-7(2)4-9(12(17)18)13-11(16)8-5-10(15)14(3)6-8/h7-9H,4-6H2,1-3H3,(H,13,16)(H,17,18). The SMILES string of the molecule is CC(C)CC(NC(=O)C1CC(=O)N(C)C1)C(=O)O. The molecule has 1 fully saturated rings. The number of rotatable bonds is 5. The minimum Gasteiger partial charge on any atom is -0.480 e. The van der Waals surface area contributed by atoms with Crippen LogP contribution in [0.25, 0.3) is 0 Å². The molecular formula is C12H20N2O4. The highest BCUT2D eigenvalue weighted by molar-refractivity contribution is 5.91. The number of carbonyl (C=O) groups is 3. The first-order valence-electron chi connectivity index (χ1n) is 6.08. The number of hydrogen-bond acceptors (Lipinski definition) is 3. The van der Waals surface area contributed by atoms with Gasteiger partial charge in [-0.3, -0.25) is 9.59 Å². The van der Waals surface area contributed by atoms with E-state index >= 15 is 0 Å². The lowest BCUT2D eigenvalue weighted by Gasteiger charge is -2.18. The van der Waals surface area contributed by atoms with Crippen molar-refractivity contribution >= 4 is 17.8 Å². The van der Waals surface area contributed by atoms with Crippen LogP contribution < -0.4 is 5.32 Å². The van der Waals surface area contributed by atoms with E-state index in [0.29, 0.717) is 13.0 Å². The van der Waals surface area contributed by atoms with Crippen LogP contribution in [0.4, 0.5) is 0 Å². The van der Waals surface area contributed by atoms with E-state index in [9.17, 15) is 14.4 Å². The second kappa shape index (κ2) is 5.84. The maximum Gasteiger partial charge on any atom is 0.326 e. The van der Waals surface area contributed by atoms with Gasteiger partial charge in [0.25, 0.3) is 0 Å². The van der Waals surface area contributed by atoms with Crippen LogP contribution in [-0.4, -0.2) is 47.4 Å². The molecule has 2 amide bonds. The van der Waals surface area contributed by atoms with E-state index in [1.807, 2.05) is 13.8 Å². The molecule has 6 nitrogen and oxygen atoms in total. The molecule has 2 unspecified atom stereocenters. The quantitative estimate of drug-likeness (QED) is 0.729. The molecule has 0 aromatic heterocycles. The summed E-state index contributed by atoms with van der Waals surface area (Å²) in [5.74, 6) is -1.71. The van der Waals surface area contributed by atoms with Crippen LogP contribution in [0.15, 0.2) is 0 Å². The summed E-state index contributed by atoms with van der Waals surface area (Å²) in [5.41, 5.74) is 0. The number of carboxylic acids is 1. The lowest BCUT2D eigenvalue weighted by Crippen LogP contribution is -2.44. The Balaban J connectivity index is 2.57. The fourth-order valence-electron chi connectivity index (χ4n) is 2.02. The highest BCUT2D eigenvalue weighted by Crippen LogP contribution is 2.16. The highest BCUT2D eigenvalue weighted by atomic mass is 16.4. The minimum atomic E-state index is -1.03. The molecule has 1 aliphatic heterocycles. The van der Waals surface area contributed by atoms with E-state index in [0.717, 1.165) is 0 Å². The summed E-state index contributed by atoms with van der Waals surface area (Å²) in [7, 11) is 1.64.